The van der Waals surface area contributed by atoms with Gasteiger partial charge in [-0.3, -0.25) is 14.4 Å². The summed E-state index contributed by atoms with van der Waals surface area (Å²) in [6.45, 7) is 2.94. The molecule has 1 aliphatic heterocycles. The predicted molar refractivity (Wildman–Crippen MR) is 97.0 cm³/mol. The second-order valence-corrected chi connectivity index (χ2v) is 7.07. The number of hydrogen-bond donors (Lipinski definition) is 3. The van der Waals surface area contributed by atoms with Crippen LogP contribution < -0.4 is 16.0 Å². The van der Waals surface area contributed by atoms with Crippen molar-refractivity contribution in [2.45, 2.75) is 31.2 Å². The van der Waals surface area contributed by atoms with Crippen molar-refractivity contribution in [3.63, 3.8) is 0 Å². The monoisotopic (exact) mass is 379 g/mol. The average molecular weight is 379 g/mol. The Morgan fingerprint density at radius 2 is 2.04 bits per heavy atom. The standard InChI is InChI=1S/C17H21N3O5S/c1-10(2)19-15(22)8-18-16(23)9-25-17(24)11-3-4-13-12(7-11)20-14(21)5-6-26-13/h3-4,7,10H,5-6,8-9H2,1-2H3,(H,18,23)(H,19,22)(H,20,21). The first-order valence-corrected chi connectivity index (χ1v) is 9.13. The van der Waals surface area contributed by atoms with Gasteiger partial charge in [0.25, 0.3) is 5.91 Å². The molecule has 3 N–H and O–H groups in total. The van der Waals surface area contributed by atoms with E-state index in [1.807, 2.05) is 13.8 Å². The fourth-order valence-corrected chi connectivity index (χ4v) is 3.10. The van der Waals surface area contributed by atoms with E-state index in [4.69, 9.17) is 4.74 Å². The first-order valence-electron chi connectivity index (χ1n) is 8.15. The summed E-state index contributed by atoms with van der Waals surface area (Å²) in [5.41, 5.74) is 0.790. The molecule has 140 valence electrons. The van der Waals surface area contributed by atoms with Crippen molar-refractivity contribution in [1.82, 2.24) is 10.6 Å². The van der Waals surface area contributed by atoms with Gasteiger partial charge in [-0.2, -0.15) is 0 Å². The number of amides is 3. The van der Waals surface area contributed by atoms with Crippen molar-refractivity contribution in [2.24, 2.45) is 0 Å². The van der Waals surface area contributed by atoms with Gasteiger partial charge in [-0.1, -0.05) is 0 Å². The van der Waals surface area contributed by atoms with Crippen LogP contribution >= 0.6 is 11.8 Å². The molecule has 3 amide bonds. The number of hydrogen-bond acceptors (Lipinski definition) is 6. The number of thioether (sulfide) groups is 1. The van der Waals surface area contributed by atoms with Crippen molar-refractivity contribution in [3.8, 4) is 0 Å². The Labute approximate surface area is 155 Å². The lowest BCUT2D eigenvalue weighted by atomic mass is 10.2. The van der Waals surface area contributed by atoms with Gasteiger partial charge in [-0.15, -0.1) is 11.8 Å². The SMILES string of the molecule is CC(C)NC(=O)CNC(=O)COC(=O)c1ccc2c(c1)NC(=O)CCS2. The first kappa shape index (κ1) is 19.8. The minimum absolute atomic E-state index is 0.0240. The van der Waals surface area contributed by atoms with E-state index in [1.54, 1.807) is 12.1 Å². The van der Waals surface area contributed by atoms with Crippen molar-refractivity contribution < 1.29 is 23.9 Å². The normalized spacial score (nSPS) is 13.3. The van der Waals surface area contributed by atoms with Crippen LogP contribution in [0.25, 0.3) is 0 Å². The number of benzene rings is 1. The summed E-state index contributed by atoms with van der Waals surface area (Å²) < 4.78 is 4.95. The second kappa shape index (κ2) is 9.23. The molecular formula is C17H21N3O5S. The highest BCUT2D eigenvalue weighted by molar-refractivity contribution is 7.99. The third-order valence-electron chi connectivity index (χ3n) is 3.31. The number of fused-ring (bicyclic) bond motifs is 1. The Hall–Kier alpha value is -2.55. The summed E-state index contributed by atoms with van der Waals surface area (Å²) in [6.07, 6.45) is 0.406. The van der Waals surface area contributed by atoms with Gasteiger partial charge in [0.05, 0.1) is 17.8 Å². The van der Waals surface area contributed by atoms with Gasteiger partial charge in [0, 0.05) is 23.1 Å². The second-order valence-electron chi connectivity index (χ2n) is 5.93. The molecular weight excluding hydrogens is 358 g/mol. The van der Waals surface area contributed by atoms with Crippen LogP contribution in [-0.4, -0.2) is 48.6 Å². The van der Waals surface area contributed by atoms with Crippen LogP contribution in [0.3, 0.4) is 0 Å². The van der Waals surface area contributed by atoms with Crippen LogP contribution in [-0.2, 0) is 19.1 Å². The Balaban J connectivity index is 1.85. The zero-order valence-corrected chi connectivity index (χ0v) is 15.4. The van der Waals surface area contributed by atoms with Gasteiger partial charge in [0.2, 0.25) is 11.8 Å². The zero-order chi connectivity index (χ0) is 19.1. The van der Waals surface area contributed by atoms with Gasteiger partial charge in [0.15, 0.2) is 6.61 Å². The van der Waals surface area contributed by atoms with Gasteiger partial charge >= 0.3 is 5.97 Å². The van der Waals surface area contributed by atoms with Crippen LogP contribution in [0.5, 0.6) is 0 Å². The fourth-order valence-electron chi connectivity index (χ4n) is 2.16. The molecule has 0 saturated carbocycles. The molecule has 0 bridgehead atoms. The lowest BCUT2D eigenvalue weighted by Crippen LogP contribution is -2.41. The molecule has 0 aromatic heterocycles. The van der Waals surface area contributed by atoms with Gasteiger partial charge in [0.1, 0.15) is 0 Å². The summed E-state index contributed by atoms with van der Waals surface area (Å²) in [7, 11) is 0. The maximum atomic E-state index is 12.1. The summed E-state index contributed by atoms with van der Waals surface area (Å²) >= 11 is 1.53. The van der Waals surface area contributed by atoms with Gasteiger partial charge < -0.3 is 20.7 Å². The van der Waals surface area contributed by atoms with Crippen LogP contribution in [0.2, 0.25) is 0 Å². The largest absolute Gasteiger partial charge is 0.452 e. The number of carbonyl (C=O) groups is 4. The molecule has 0 radical (unpaired) electrons. The summed E-state index contributed by atoms with van der Waals surface area (Å²) in [6, 6.07) is 4.82. The van der Waals surface area contributed by atoms with Gasteiger partial charge in [-0.25, -0.2) is 4.79 Å². The number of rotatable bonds is 6. The molecule has 26 heavy (non-hydrogen) atoms. The van der Waals surface area contributed by atoms with Crippen LogP contribution in [0.4, 0.5) is 5.69 Å². The Morgan fingerprint density at radius 3 is 2.77 bits per heavy atom. The van der Waals surface area contributed by atoms with E-state index in [0.717, 1.165) is 4.90 Å². The molecule has 0 aliphatic carbocycles. The predicted octanol–water partition coefficient (Wildman–Crippen LogP) is 0.918. The number of anilines is 1. The van der Waals surface area contributed by atoms with E-state index < -0.39 is 18.5 Å². The molecule has 8 nitrogen and oxygen atoms in total. The molecule has 1 aliphatic rings. The number of ether oxygens (including phenoxy) is 1. The third kappa shape index (κ3) is 6.07. The molecule has 0 spiro atoms. The molecule has 9 heteroatoms. The minimum atomic E-state index is -0.682. The highest BCUT2D eigenvalue weighted by Crippen LogP contribution is 2.31. The lowest BCUT2D eigenvalue weighted by molar-refractivity contribution is -0.128. The highest BCUT2D eigenvalue weighted by Gasteiger charge is 2.17. The molecule has 1 heterocycles. The molecule has 0 unspecified atom stereocenters. The average Bonchev–Trinajstić information content (AvgIpc) is 2.76. The molecule has 1 aromatic rings. The first-order chi connectivity index (χ1) is 12.3. The summed E-state index contributed by atoms with van der Waals surface area (Å²) in [5, 5.41) is 7.74. The molecule has 0 saturated heterocycles. The molecule has 2 rings (SSSR count). The quantitative estimate of drug-likeness (QED) is 0.634. The lowest BCUT2D eigenvalue weighted by Gasteiger charge is -2.10. The molecule has 1 aromatic carbocycles. The topological polar surface area (TPSA) is 114 Å². The van der Waals surface area contributed by atoms with Gasteiger partial charge in [-0.05, 0) is 32.0 Å². The van der Waals surface area contributed by atoms with Crippen molar-refractivity contribution in [2.75, 3.05) is 24.2 Å². The van der Waals surface area contributed by atoms with Crippen molar-refractivity contribution >= 4 is 41.1 Å². The Kier molecular flexibility index (Phi) is 7.02. The maximum absolute atomic E-state index is 12.1. The fraction of sp³-hybridized carbons (Fsp3) is 0.412. The number of esters is 1. The maximum Gasteiger partial charge on any atom is 0.338 e. The van der Waals surface area contributed by atoms with Crippen LogP contribution in [0.1, 0.15) is 30.6 Å². The highest BCUT2D eigenvalue weighted by atomic mass is 32.2. The van der Waals surface area contributed by atoms with E-state index in [1.165, 1.54) is 17.8 Å². The Bertz CT molecular complexity index is 720. The Morgan fingerprint density at radius 1 is 1.27 bits per heavy atom. The van der Waals surface area contributed by atoms with Crippen LogP contribution in [0, 0.1) is 0 Å². The van der Waals surface area contributed by atoms with E-state index >= 15 is 0 Å². The minimum Gasteiger partial charge on any atom is -0.452 e. The van der Waals surface area contributed by atoms with Crippen molar-refractivity contribution in [1.29, 1.82) is 0 Å². The van der Waals surface area contributed by atoms with E-state index in [0.29, 0.717) is 17.9 Å². The molecule has 0 atom stereocenters. The zero-order valence-electron chi connectivity index (χ0n) is 14.6. The van der Waals surface area contributed by atoms with Crippen molar-refractivity contribution in [3.05, 3.63) is 23.8 Å². The third-order valence-corrected chi connectivity index (χ3v) is 4.38. The van der Waals surface area contributed by atoms with E-state index in [2.05, 4.69) is 16.0 Å². The number of carbonyl (C=O) groups excluding carboxylic acids is 4. The van der Waals surface area contributed by atoms with Crippen LogP contribution in [0.15, 0.2) is 23.1 Å². The van der Waals surface area contributed by atoms with E-state index in [-0.39, 0.29) is 30.0 Å². The molecule has 0 fully saturated rings. The summed E-state index contributed by atoms with van der Waals surface area (Å²) in [4.78, 5) is 47.7. The number of nitrogens with one attached hydrogen (secondary N) is 3. The smallest absolute Gasteiger partial charge is 0.338 e. The summed E-state index contributed by atoms with van der Waals surface area (Å²) in [5.74, 6) is -1.01. The van der Waals surface area contributed by atoms with E-state index in [9.17, 15) is 19.2 Å².